The number of rotatable bonds is 6. The third-order valence-electron chi connectivity index (χ3n) is 5.88. The van der Waals surface area contributed by atoms with Crippen molar-refractivity contribution in [3.63, 3.8) is 0 Å². The Morgan fingerprint density at radius 1 is 0.949 bits per heavy atom. The maximum absolute atomic E-state index is 14.2. The molecule has 15 heteroatoms. The summed E-state index contributed by atoms with van der Waals surface area (Å²) >= 11 is 18.5. The van der Waals surface area contributed by atoms with E-state index < -0.39 is 67.5 Å². The Morgan fingerprint density at radius 2 is 1.64 bits per heavy atom. The smallest absolute Gasteiger partial charge is 0.326 e. The summed E-state index contributed by atoms with van der Waals surface area (Å²) in [4.78, 5) is 35.3. The number of amides is 2. The largest absolute Gasteiger partial charge is 0.419 e. The number of nitro groups is 1. The fraction of sp³-hybridized carbons (Fsp3) is 0.167. The Hall–Kier alpha value is -3.48. The van der Waals surface area contributed by atoms with E-state index in [1.54, 1.807) is 0 Å². The standard InChI is InChI=1S/C24H13Cl3F5N3O4/c25-15-5-2-11(8-18(15)34-21(36)13-4-3-12(35(38)39)9-17(13)29)33-22(37)20-19(23(20,26)27)10-1-6-16(28)14(7-10)24(30,31)32/h1-9,19-20H,(H,33,37)(H,34,36). The fourth-order valence-electron chi connectivity index (χ4n) is 3.93. The lowest BCUT2D eigenvalue weighted by molar-refractivity contribution is -0.385. The number of nitrogens with zero attached hydrogens (tertiary/aromatic N) is 1. The summed E-state index contributed by atoms with van der Waals surface area (Å²) in [5.41, 5.74) is -2.70. The molecule has 204 valence electrons. The summed E-state index contributed by atoms with van der Waals surface area (Å²) in [6, 6.07) is 8.45. The van der Waals surface area contributed by atoms with Crippen molar-refractivity contribution in [2.75, 3.05) is 10.6 Å². The van der Waals surface area contributed by atoms with E-state index in [-0.39, 0.29) is 22.0 Å². The summed E-state index contributed by atoms with van der Waals surface area (Å²) < 4.78 is 65.4. The van der Waals surface area contributed by atoms with E-state index in [4.69, 9.17) is 34.8 Å². The number of carbonyl (C=O) groups is 2. The van der Waals surface area contributed by atoms with E-state index in [9.17, 15) is 41.7 Å². The second-order valence-electron chi connectivity index (χ2n) is 8.43. The number of alkyl halides is 5. The van der Waals surface area contributed by atoms with E-state index in [2.05, 4.69) is 10.6 Å². The molecule has 1 aliphatic rings. The highest BCUT2D eigenvalue weighted by molar-refractivity contribution is 6.53. The molecule has 2 N–H and O–H groups in total. The van der Waals surface area contributed by atoms with Crippen molar-refractivity contribution < 1.29 is 36.5 Å². The molecule has 0 bridgehead atoms. The van der Waals surface area contributed by atoms with Crippen LogP contribution in [0.25, 0.3) is 0 Å². The lowest BCUT2D eigenvalue weighted by Crippen LogP contribution is -2.18. The highest BCUT2D eigenvalue weighted by Gasteiger charge is 2.67. The lowest BCUT2D eigenvalue weighted by Gasteiger charge is -2.11. The molecule has 2 atom stereocenters. The first-order valence-corrected chi connectivity index (χ1v) is 11.8. The Balaban J connectivity index is 1.51. The Kier molecular flexibility index (Phi) is 7.50. The molecule has 3 aromatic carbocycles. The van der Waals surface area contributed by atoms with Crippen LogP contribution in [0.5, 0.6) is 0 Å². The number of carbonyl (C=O) groups excluding carboxylic acids is 2. The van der Waals surface area contributed by atoms with Gasteiger partial charge in [-0.3, -0.25) is 19.7 Å². The molecule has 0 radical (unpaired) electrons. The van der Waals surface area contributed by atoms with Gasteiger partial charge in [0.05, 0.1) is 38.7 Å². The first-order valence-electron chi connectivity index (χ1n) is 10.7. The average molecular weight is 609 g/mol. The molecule has 0 aliphatic heterocycles. The second kappa shape index (κ2) is 10.2. The number of hydrogen-bond acceptors (Lipinski definition) is 4. The van der Waals surface area contributed by atoms with Crippen molar-refractivity contribution in [2.45, 2.75) is 16.4 Å². The van der Waals surface area contributed by atoms with Gasteiger partial charge in [0.25, 0.3) is 11.6 Å². The highest BCUT2D eigenvalue weighted by Crippen LogP contribution is 2.65. The Bertz CT molecular complexity index is 1520. The molecule has 3 aromatic rings. The molecule has 0 saturated heterocycles. The van der Waals surface area contributed by atoms with Crippen molar-refractivity contribution in [2.24, 2.45) is 5.92 Å². The summed E-state index contributed by atoms with van der Waals surface area (Å²) in [7, 11) is 0. The SMILES string of the molecule is O=C(Nc1cc(NC(=O)C2C(c3ccc(F)c(C(F)(F)F)c3)C2(Cl)Cl)ccc1Cl)c1ccc([N+](=O)[O-])cc1F. The number of halogens is 8. The van der Waals surface area contributed by atoms with Crippen molar-refractivity contribution in [3.8, 4) is 0 Å². The molecule has 2 unspecified atom stereocenters. The molecular weight excluding hydrogens is 596 g/mol. The van der Waals surface area contributed by atoms with E-state index in [1.165, 1.54) is 18.2 Å². The van der Waals surface area contributed by atoms with Crippen molar-refractivity contribution >= 4 is 63.7 Å². The van der Waals surface area contributed by atoms with E-state index in [1.807, 2.05) is 0 Å². The Morgan fingerprint density at radius 3 is 2.26 bits per heavy atom. The monoisotopic (exact) mass is 607 g/mol. The van der Waals surface area contributed by atoms with Gasteiger partial charge in [-0.2, -0.15) is 13.2 Å². The zero-order valence-electron chi connectivity index (χ0n) is 19.0. The normalized spacial score (nSPS) is 17.8. The van der Waals surface area contributed by atoms with Gasteiger partial charge in [-0.05, 0) is 42.0 Å². The molecule has 39 heavy (non-hydrogen) atoms. The van der Waals surface area contributed by atoms with Crippen LogP contribution in [0.1, 0.15) is 27.4 Å². The molecule has 1 fully saturated rings. The second-order valence-corrected chi connectivity index (χ2v) is 10.3. The van der Waals surface area contributed by atoms with Crippen LogP contribution in [-0.4, -0.2) is 21.1 Å². The van der Waals surface area contributed by atoms with Gasteiger partial charge >= 0.3 is 6.18 Å². The minimum Gasteiger partial charge on any atom is -0.326 e. The van der Waals surface area contributed by atoms with Crippen LogP contribution in [0.2, 0.25) is 5.02 Å². The third kappa shape index (κ3) is 5.77. The quantitative estimate of drug-likeness (QED) is 0.132. The molecule has 1 saturated carbocycles. The number of benzene rings is 3. The maximum Gasteiger partial charge on any atom is 0.419 e. The molecule has 7 nitrogen and oxygen atoms in total. The van der Waals surface area contributed by atoms with Crippen LogP contribution in [-0.2, 0) is 11.0 Å². The van der Waals surface area contributed by atoms with Crippen molar-refractivity contribution in [1.29, 1.82) is 0 Å². The van der Waals surface area contributed by atoms with Crippen LogP contribution in [0.15, 0.2) is 54.6 Å². The lowest BCUT2D eigenvalue weighted by atomic mass is 10.0. The van der Waals surface area contributed by atoms with Gasteiger partial charge in [-0.25, -0.2) is 8.78 Å². The molecule has 2 amide bonds. The van der Waals surface area contributed by atoms with Crippen molar-refractivity contribution in [3.05, 3.63) is 98.1 Å². The zero-order chi connectivity index (χ0) is 28.9. The predicted molar refractivity (Wildman–Crippen MR) is 133 cm³/mol. The molecule has 0 heterocycles. The van der Waals surface area contributed by atoms with Crippen LogP contribution < -0.4 is 10.6 Å². The summed E-state index contributed by atoms with van der Waals surface area (Å²) in [5.74, 6) is -6.73. The molecular formula is C24H13Cl3F5N3O4. The van der Waals surface area contributed by atoms with Gasteiger partial charge in [0.2, 0.25) is 5.91 Å². The van der Waals surface area contributed by atoms with Crippen molar-refractivity contribution in [1.82, 2.24) is 0 Å². The van der Waals surface area contributed by atoms with Gasteiger partial charge in [0.1, 0.15) is 16.0 Å². The minimum atomic E-state index is -4.98. The number of nitro benzene ring substituents is 1. The van der Waals surface area contributed by atoms with Crippen LogP contribution in [0.3, 0.4) is 0 Å². The van der Waals surface area contributed by atoms with E-state index >= 15 is 0 Å². The molecule has 0 spiro atoms. The topological polar surface area (TPSA) is 101 Å². The predicted octanol–water partition coefficient (Wildman–Crippen LogP) is 7.32. The third-order valence-corrected chi connectivity index (χ3v) is 7.15. The summed E-state index contributed by atoms with van der Waals surface area (Å²) in [6.07, 6.45) is -4.98. The van der Waals surface area contributed by atoms with Gasteiger partial charge < -0.3 is 10.6 Å². The molecule has 1 aliphatic carbocycles. The van der Waals surface area contributed by atoms with Crippen LogP contribution >= 0.6 is 34.8 Å². The first-order chi connectivity index (χ1) is 18.1. The summed E-state index contributed by atoms with van der Waals surface area (Å²) in [6.45, 7) is 0. The van der Waals surface area contributed by atoms with Gasteiger partial charge in [-0.1, -0.05) is 17.7 Å². The van der Waals surface area contributed by atoms with Gasteiger partial charge in [0, 0.05) is 17.7 Å². The maximum atomic E-state index is 14.2. The van der Waals surface area contributed by atoms with E-state index in [0.717, 1.165) is 18.2 Å². The minimum absolute atomic E-state index is 0.0111. The fourth-order valence-corrected chi connectivity index (χ4v) is 4.92. The van der Waals surface area contributed by atoms with E-state index in [0.29, 0.717) is 18.2 Å². The van der Waals surface area contributed by atoms with Crippen LogP contribution in [0.4, 0.5) is 39.0 Å². The molecule has 4 rings (SSSR count). The number of anilines is 2. The number of hydrogen-bond donors (Lipinski definition) is 2. The highest BCUT2D eigenvalue weighted by atomic mass is 35.5. The number of nitrogens with one attached hydrogen (secondary N) is 2. The molecule has 0 aromatic heterocycles. The first kappa shape index (κ1) is 28.5. The van der Waals surface area contributed by atoms with Gasteiger partial charge in [0.15, 0.2) is 0 Å². The van der Waals surface area contributed by atoms with Gasteiger partial charge in [-0.15, -0.1) is 23.2 Å². The Labute approximate surface area is 231 Å². The zero-order valence-corrected chi connectivity index (χ0v) is 21.2. The average Bonchev–Trinajstić information content (AvgIpc) is 3.42. The number of non-ortho nitro benzene ring substituents is 1. The summed E-state index contributed by atoms with van der Waals surface area (Å²) in [5, 5.41) is 15.5. The van der Waals surface area contributed by atoms with Crippen LogP contribution in [0, 0.1) is 27.7 Å².